The predicted molar refractivity (Wildman–Crippen MR) is 116 cm³/mol. The largest absolute Gasteiger partial charge is 0.309 e. The average molecular weight is 413 g/mol. The Morgan fingerprint density at radius 3 is 2.55 bits per heavy atom. The molecule has 1 aliphatic heterocycles. The normalized spacial score (nSPS) is 18.8. The van der Waals surface area contributed by atoms with E-state index in [-0.39, 0.29) is 28.7 Å². The summed E-state index contributed by atoms with van der Waals surface area (Å²) < 4.78 is 29.1. The second kappa shape index (κ2) is 7.17. The highest BCUT2D eigenvalue weighted by Gasteiger charge is 2.39. The van der Waals surface area contributed by atoms with Crippen LogP contribution < -0.4 is 9.62 Å². The van der Waals surface area contributed by atoms with Crippen molar-refractivity contribution in [3.63, 3.8) is 0 Å². The molecule has 1 amide bonds. The Kier molecular flexibility index (Phi) is 4.93. The van der Waals surface area contributed by atoms with E-state index >= 15 is 0 Å². The lowest BCUT2D eigenvalue weighted by Gasteiger charge is -2.22. The van der Waals surface area contributed by atoms with Gasteiger partial charge in [0.25, 0.3) is 10.0 Å². The van der Waals surface area contributed by atoms with Gasteiger partial charge in [0.1, 0.15) is 0 Å². The number of nitrogens with zero attached hydrogens (tertiary/aromatic N) is 1. The number of amides is 1. The molecule has 0 spiro atoms. The molecule has 1 saturated carbocycles. The molecule has 0 bridgehead atoms. The number of fused-ring (bicyclic) bond motifs is 1. The van der Waals surface area contributed by atoms with Crippen LogP contribution in [0.15, 0.2) is 41.3 Å². The van der Waals surface area contributed by atoms with Gasteiger partial charge < -0.3 is 4.90 Å². The van der Waals surface area contributed by atoms with Crippen LogP contribution in [0.3, 0.4) is 0 Å². The maximum absolute atomic E-state index is 13.2. The zero-order valence-corrected chi connectivity index (χ0v) is 18.2. The van der Waals surface area contributed by atoms with Gasteiger partial charge in [-0.2, -0.15) is 0 Å². The highest BCUT2D eigenvalue weighted by atomic mass is 32.2. The summed E-state index contributed by atoms with van der Waals surface area (Å²) in [7, 11) is -3.73. The SMILES string of the molecule is Cc1cccc(C(C)C)c1NS(=O)(=O)c1ccc2c(c1)C[C@H](C)N2C(=O)C1CC1. The van der Waals surface area contributed by atoms with Crippen molar-refractivity contribution in [1.29, 1.82) is 0 Å². The smallest absolute Gasteiger partial charge is 0.261 e. The van der Waals surface area contributed by atoms with Gasteiger partial charge in [-0.25, -0.2) is 8.42 Å². The van der Waals surface area contributed by atoms with E-state index in [1.165, 1.54) is 0 Å². The number of nitrogens with one attached hydrogen (secondary N) is 1. The van der Waals surface area contributed by atoms with E-state index < -0.39 is 10.0 Å². The van der Waals surface area contributed by atoms with E-state index in [0.717, 1.165) is 35.2 Å². The van der Waals surface area contributed by atoms with Gasteiger partial charge in [-0.3, -0.25) is 9.52 Å². The molecule has 5 nitrogen and oxygen atoms in total. The van der Waals surface area contributed by atoms with E-state index in [9.17, 15) is 13.2 Å². The maximum atomic E-state index is 13.2. The Balaban J connectivity index is 1.66. The number of rotatable bonds is 5. The van der Waals surface area contributed by atoms with E-state index in [0.29, 0.717) is 12.1 Å². The van der Waals surface area contributed by atoms with Crippen molar-refractivity contribution in [3.8, 4) is 0 Å². The van der Waals surface area contributed by atoms with Crippen molar-refractivity contribution < 1.29 is 13.2 Å². The summed E-state index contributed by atoms with van der Waals surface area (Å²) >= 11 is 0. The molecular weight excluding hydrogens is 384 g/mol. The zero-order valence-electron chi connectivity index (χ0n) is 17.4. The fourth-order valence-corrected chi connectivity index (χ4v) is 5.35. The molecule has 154 valence electrons. The van der Waals surface area contributed by atoms with Gasteiger partial charge in [-0.1, -0.05) is 32.0 Å². The van der Waals surface area contributed by atoms with Gasteiger partial charge in [-0.05, 0) is 73.9 Å². The van der Waals surface area contributed by atoms with Crippen molar-refractivity contribution in [2.45, 2.75) is 63.8 Å². The molecule has 2 aliphatic rings. The van der Waals surface area contributed by atoms with E-state index in [1.807, 2.05) is 36.9 Å². The van der Waals surface area contributed by atoms with Crippen LogP contribution in [-0.2, 0) is 21.2 Å². The molecule has 0 saturated heterocycles. The van der Waals surface area contributed by atoms with Crippen molar-refractivity contribution in [3.05, 3.63) is 53.1 Å². The molecule has 1 aliphatic carbocycles. The molecule has 1 fully saturated rings. The highest BCUT2D eigenvalue weighted by Crippen LogP contribution is 2.40. The van der Waals surface area contributed by atoms with Crippen LogP contribution >= 0.6 is 0 Å². The quantitative estimate of drug-likeness (QED) is 0.780. The molecule has 0 unspecified atom stereocenters. The number of benzene rings is 2. The molecule has 1 atom stereocenters. The van der Waals surface area contributed by atoms with Gasteiger partial charge in [0, 0.05) is 17.6 Å². The van der Waals surface area contributed by atoms with E-state index in [2.05, 4.69) is 18.6 Å². The summed E-state index contributed by atoms with van der Waals surface area (Å²) in [4.78, 5) is 14.7. The van der Waals surface area contributed by atoms with Gasteiger partial charge in [0.2, 0.25) is 5.91 Å². The van der Waals surface area contributed by atoms with E-state index in [1.54, 1.807) is 18.2 Å². The Bertz CT molecular complexity index is 1070. The number of hydrogen-bond acceptors (Lipinski definition) is 3. The van der Waals surface area contributed by atoms with Crippen LogP contribution in [0.4, 0.5) is 11.4 Å². The first kappa shape index (κ1) is 20.0. The number of para-hydroxylation sites is 1. The number of hydrogen-bond donors (Lipinski definition) is 1. The summed E-state index contributed by atoms with van der Waals surface area (Å²) in [6, 6.07) is 11.0. The third kappa shape index (κ3) is 3.66. The highest BCUT2D eigenvalue weighted by molar-refractivity contribution is 7.92. The Morgan fingerprint density at radius 2 is 1.90 bits per heavy atom. The maximum Gasteiger partial charge on any atom is 0.261 e. The lowest BCUT2D eigenvalue weighted by Crippen LogP contribution is -2.36. The van der Waals surface area contributed by atoms with Crippen molar-refractivity contribution in [2.24, 2.45) is 5.92 Å². The van der Waals surface area contributed by atoms with Crippen molar-refractivity contribution in [1.82, 2.24) is 0 Å². The van der Waals surface area contributed by atoms with Crippen LogP contribution in [0.5, 0.6) is 0 Å². The minimum absolute atomic E-state index is 0.0629. The third-order valence-electron chi connectivity index (χ3n) is 5.90. The Hall–Kier alpha value is -2.34. The fraction of sp³-hybridized carbons (Fsp3) is 0.435. The zero-order chi connectivity index (χ0) is 20.9. The summed E-state index contributed by atoms with van der Waals surface area (Å²) in [6.07, 6.45) is 2.60. The first-order chi connectivity index (χ1) is 13.7. The fourth-order valence-electron chi connectivity index (χ4n) is 4.14. The average Bonchev–Trinajstić information content (AvgIpc) is 3.44. The van der Waals surface area contributed by atoms with Gasteiger partial charge >= 0.3 is 0 Å². The van der Waals surface area contributed by atoms with Crippen LogP contribution in [0.2, 0.25) is 0 Å². The minimum Gasteiger partial charge on any atom is -0.309 e. The standard InChI is InChI=1S/C23H28N2O3S/c1-14(2)20-7-5-6-15(3)22(20)24-29(27,28)19-10-11-21-18(13-19)12-16(4)25(21)23(26)17-8-9-17/h5-7,10-11,13-14,16-17,24H,8-9,12H2,1-4H3/t16-/m0/s1. The molecule has 2 aromatic rings. The summed E-state index contributed by atoms with van der Waals surface area (Å²) in [6.45, 7) is 8.04. The van der Waals surface area contributed by atoms with Crippen LogP contribution in [-0.4, -0.2) is 20.4 Å². The third-order valence-corrected chi connectivity index (χ3v) is 7.25. The Morgan fingerprint density at radius 1 is 1.17 bits per heavy atom. The van der Waals surface area contributed by atoms with Crippen LogP contribution in [0, 0.1) is 12.8 Å². The Labute approximate surface area is 173 Å². The lowest BCUT2D eigenvalue weighted by atomic mass is 9.99. The summed E-state index contributed by atoms with van der Waals surface area (Å²) in [5.41, 5.74) is 4.30. The molecule has 4 rings (SSSR count). The van der Waals surface area contributed by atoms with Crippen molar-refractivity contribution in [2.75, 3.05) is 9.62 Å². The van der Waals surface area contributed by atoms with E-state index in [4.69, 9.17) is 0 Å². The second-order valence-corrected chi connectivity index (χ2v) is 10.3. The topological polar surface area (TPSA) is 66.5 Å². The summed E-state index contributed by atoms with van der Waals surface area (Å²) in [5, 5.41) is 0. The molecule has 29 heavy (non-hydrogen) atoms. The second-order valence-electron chi connectivity index (χ2n) is 8.63. The lowest BCUT2D eigenvalue weighted by molar-refractivity contribution is -0.120. The molecular formula is C23H28N2O3S. The molecule has 0 aromatic heterocycles. The van der Waals surface area contributed by atoms with Gasteiger partial charge in [-0.15, -0.1) is 0 Å². The number of carbonyl (C=O) groups excluding carboxylic acids is 1. The number of sulfonamides is 1. The predicted octanol–water partition coefficient (Wildman–Crippen LogP) is 4.61. The summed E-state index contributed by atoms with van der Waals surface area (Å²) in [5.74, 6) is 0.519. The van der Waals surface area contributed by atoms with Crippen LogP contribution in [0.25, 0.3) is 0 Å². The molecule has 0 radical (unpaired) electrons. The van der Waals surface area contributed by atoms with Crippen LogP contribution in [0.1, 0.15) is 56.2 Å². The minimum atomic E-state index is -3.73. The molecule has 2 aromatic carbocycles. The number of carbonyl (C=O) groups is 1. The number of anilines is 2. The first-order valence-electron chi connectivity index (χ1n) is 10.3. The molecule has 6 heteroatoms. The van der Waals surface area contributed by atoms with Gasteiger partial charge in [0.15, 0.2) is 0 Å². The monoisotopic (exact) mass is 412 g/mol. The number of aryl methyl sites for hydroxylation is 1. The molecule has 1 N–H and O–H groups in total. The van der Waals surface area contributed by atoms with Gasteiger partial charge in [0.05, 0.1) is 10.6 Å². The first-order valence-corrected chi connectivity index (χ1v) is 11.8. The molecule has 1 heterocycles. The van der Waals surface area contributed by atoms with Crippen molar-refractivity contribution >= 4 is 27.3 Å².